The summed E-state index contributed by atoms with van der Waals surface area (Å²) in [6.45, 7) is 0.375. The highest BCUT2D eigenvalue weighted by Crippen LogP contribution is 2.19. The second kappa shape index (κ2) is 5.16. The first-order chi connectivity index (χ1) is 8.29. The molecule has 1 heterocycles. The SMILES string of the molecule is COc1ccccc1COc1cc(N)ncn1. The molecule has 5 nitrogen and oxygen atoms in total. The molecule has 0 spiro atoms. The topological polar surface area (TPSA) is 70.3 Å². The first-order valence-corrected chi connectivity index (χ1v) is 5.12. The molecule has 0 aliphatic heterocycles. The average molecular weight is 231 g/mol. The van der Waals surface area contributed by atoms with E-state index in [9.17, 15) is 0 Å². The summed E-state index contributed by atoms with van der Waals surface area (Å²) in [5.74, 6) is 1.62. The van der Waals surface area contributed by atoms with Gasteiger partial charge in [0, 0.05) is 11.6 Å². The highest BCUT2D eigenvalue weighted by molar-refractivity contribution is 5.34. The third-order valence-electron chi connectivity index (χ3n) is 2.23. The van der Waals surface area contributed by atoms with Crippen LogP contribution in [0.3, 0.4) is 0 Å². The van der Waals surface area contributed by atoms with Crippen molar-refractivity contribution in [3.8, 4) is 11.6 Å². The summed E-state index contributed by atoms with van der Waals surface area (Å²) >= 11 is 0. The maximum absolute atomic E-state index is 5.53. The van der Waals surface area contributed by atoms with E-state index in [4.69, 9.17) is 15.2 Å². The number of hydrogen-bond acceptors (Lipinski definition) is 5. The summed E-state index contributed by atoms with van der Waals surface area (Å²) in [7, 11) is 1.63. The zero-order chi connectivity index (χ0) is 12.1. The molecule has 0 unspecified atom stereocenters. The van der Waals surface area contributed by atoms with E-state index in [-0.39, 0.29) is 0 Å². The Kier molecular flexibility index (Phi) is 3.40. The van der Waals surface area contributed by atoms with E-state index < -0.39 is 0 Å². The van der Waals surface area contributed by atoms with Gasteiger partial charge in [-0.3, -0.25) is 0 Å². The summed E-state index contributed by atoms with van der Waals surface area (Å²) in [6, 6.07) is 9.23. The molecular weight excluding hydrogens is 218 g/mol. The fourth-order valence-electron chi connectivity index (χ4n) is 1.41. The molecule has 5 heteroatoms. The van der Waals surface area contributed by atoms with Crippen molar-refractivity contribution in [1.82, 2.24) is 9.97 Å². The molecule has 2 aromatic rings. The minimum Gasteiger partial charge on any atom is -0.496 e. The lowest BCUT2D eigenvalue weighted by Gasteiger charge is -2.09. The molecule has 0 bridgehead atoms. The molecule has 0 radical (unpaired) electrons. The van der Waals surface area contributed by atoms with Gasteiger partial charge in [0.2, 0.25) is 5.88 Å². The van der Waals surface area contributed by atoms with Gasteiger partial charge in [-0.2, -0.15) is 0 Å². The van der Waals surface area contributed by atoms with Crippen LogP contribution in [0.15, 0.2) is 36.7 Å². The number of nitrogens with zero attached hydrogens (tertiary/aromatic N) is 2. The Labute approximate surface area is 99.2 Å². The van der Waals surface area contributed by atoms with Gasteiger partial charge in [-0.25, -0.2) is 9.97 Å². The lowest BCUT2D eigenvalue weighted by molar-refractivity contribution is 0.285. The second-order valence-corrected chi connectivity index (χ2v) is 3.38. The number of aromatic nitrogens is 2. The monoisotopic (exact) mass is 231 g/mol. The average Bonchev–Trinajstić information content (AvgIpc) is 2.37. The second-order valence-electron chi connectivity index (χ2n) is 3.38. The fraction of sp³-hybridized carbons (Fsp3) is 0.167. The number of ether oxygens (including phenoxy) is 2. The summed E-state index contributed by atoms with van der Waals surface area (Å²) in [4.78, 5) is 7.75. The Hall–Kier alpha value is -2.30. The smallest absolute Gasteiger partial charge is 0.218 e. The van der Waals surface area contributed by atoms with Gasteiger partial charge in [0.1, 0.15) is 24.5 Å². The minimum absolute atomic E-state index is 0.375. The maximum atomic E-state index is 5.53. The predicted octanol–water partition coefficient (Wildman–Crippen LogP) is 1.65. The molecule has 17 heavy (non-hydrogen) atoms. The van der Waals surface area contributed by atoms with Crippen molar-refractivity contribution in [2.45, 2.75) is 6.61 Å². The van der Waals surface area contributed by atoms with Crippen LogP contribution in [0.4, 0.5) is 5.82 Å². The van der Waals surface area contributed by atoms with Crippen molar-refractivity contribution in [2.75, 3.05) is 12.8 Å². The van der Waals surface area contributed by atoms with Crippen LogP contribution in [-0.4, -0.2) is 17.1 Å². The Morgan fingerprint density at radius 2 is 2.06 bits per heavy atom. The van der Waals surface area contributed by atoms with E-state index >= 15 is 0 Å². The Bertz CT molecular complexity index is 503. The number of methoxy groups -OCH3 is 1. The zero-order valence-electron chi connectivity index (χ0n) is 9.46. The summed E-state index contributed by atoms with van der Waals surface area (Å²) in [6.07, 6.45) is 1.37. The summed E-state index contributed by atoms with van der Waals surface area (Å²) in [5.41, 5.74) is 6.48. The number of para-hydroxylation sites is 1. The minimum atomic E-state index is 0.375. The van der Waals surface area contributed by atoms with Gasteiger partial charge < -0.3 is 15.2 Å². The number of nitrogens with two attached hydrogens (primary N) is 1. The van der Waals surface area contributed by atoms with Crippen LogP contribution in [0.2, 0.25) is 0 Å². The van der Waals surface area contributed by atoms with Gasteiger partial charge in [-0.1, -0.05) is 18.2 Å². The number of nitrogen functional groups attached to an aromatic ring is 1. The van der Waals surface area contributed by atoms with E-state index in [0.717, 1.165) is 11.3 Å². The standard InChI is InChI=1S/C12H13N3O2/c1-16-10-5-3-2-4-9(10)7-17-12-6-11(13)14-8-15-12/h2-6,8H,7H2,1H3,(H2,13,14,15). The van der Waals surface area contributed by atoms with Gasteiger partial charge in [0.05, 0.1) is 7.11 Å². The highest BCUT2D eigenvalue weighted by atomic mass is 16.5. The van der Waals surface area contributed by atoms with Gasteiger partial charge in [0.15, 0.2) is 0 Å². The van der Waals surface area contributed by atoms with Crippen LogP contribution in [-0.2, 0) is 6.61 Å². The number of benzene rings is 1. The van der Waals surface area contributed by atoms with Crippen LogP contribution in [0.5, 0.6) is 11.6 Å². The Morgan fingerprint density at radius 3 is 2.82 bits per heavy atom. The van der Waals surface area contributed by atoms with E-state index in [1.165, 1.54) is 6.33 Å². The maximum Gasteiger partial charge on any atom is 0.218 e. The van der Waals surface area contributed by atoms with Crippen LogP contribution >= 0.6 is 0 Å². The molecular formula is C12H13N3O2. The van der Waals surface area contributed by atoms with E-state index in [2.05, 4.69) is 9.97 Å². The van der Waals surface area contributed by atoms with Crippen molar-refractivity contribution in [3.05, 3.63) is 42.2 Å². The number of rotatable bonds is 4. The quantitative estimate of drug-likeness (QED) is 0.866. The third-order valence-corrected chi connectivity index (χ3v) is 2.23. The molecule has 0 fully saturated rings. The molecule has 0 saturated heterocycles. The van der Waals surface area contributed by atoms with Crippen molar-refractivity contribution in [3.63, 3.8) is 0 Å². The van der Waals surface area contributed by atoms with Gasteiger partial charge in [0.25, 0.3) is 0 Å². The molecule has 0 aliphatic carbocycles. The van der Waals surface area contributed by atoms with Crippen molar-refractivity contribution in [2.24, 2.45) is 0 Å². The molecule has 2 rings (SSSR count). The lowest BCUT2D eigenvalue weighted by Crippen LogP contribution is -2.01. The lowest BCUT2D eigenvalue weighted by atomic mass is 10.2. The molecule has 1 aromatic carbocycles. The van der Waals surface area contributed by atoms with Crippen molar-refractivity contribution in [1.29, 1.82) is 0 Å². The van der Waals surface area contributed by atoms with Crippen molar-refractivity contribution >= 4 is 5.82 Å². The highest BCUT2D eigenvalue weighted by Gasteiger charge is 2.03. The molecule has 0 atom stereocenters. The molecule has 88 valence electrons. The molecule has 0 saturated carbocycles. The summed E-state index contributed by atoms with van der Waals surface area (Å²) in [5, 5.41) is 0. The van der Waals surface area contributed by atoms with Gasteiger partial charge >= 0.3 is 0 Å². The van der Waals surface area contributed by atoms with Crippen LogP contribution < -0.4 is 15.2 Å². The van der Waals surface area contributed by atoms with E-state index in [1.807, 2.05) is 24.3 Å². The third kappa shape index (κ3) is 2.84. The van der Waals surface area contributed by atoms with E-state index in [0.29, 0.717) is 18.3 Å². The first-order valence-electron chi connectivity index (χ1n) is 5.12. The first kappa shape index (κ1) is 11.2. The fourth-order valence-corrected chi connectivity index (χ4v) is 1.41. The van der Waals surface area contributed by atoms with Gasteiger partial charge in [-0.15, -0.1) is 0 Å². The van der Waals surface area contributed by atoms with Crippen molar-refractivity contribution < 1.29 is 9.47 Å². The molecule has 0 aliphatic rings. The zero-order valence-corrected chi connectivity index (χ0v) is 9.46. The number of anilines is 1. The summed E-state index contributed by atoms with van der Waals surface area (Å²) < 4.78 is 10.7. The van der Waals surface area contributed by atoms with Gasteiger partial charge in [-0.05, 0) is 6.07 Å². The predicted molar refractivity (Wildman–Crippen MR) is 63.8 cm³/mol. The number of hydrogen-bond donors (Lipinski definition) is 1. The van der Waals surface area contributed by atoms with Crippen LogP contribution in [0, 0.1) is 0 Å². The van der Waals surface area contributed by atoms with E-state index in [1.54, 1.807) is 13.2 Å². The van der Waals surface area contributed by atoms with Crippen LogP contribution in [0.25, 0.3) is 0 Å². The van der Waals surface area contributed by atoms with Crippen LogP contribution in [0.1, 0.15) is 5.56 Å². The molecule has 0 amide bonds. The Balaban J connectivity index is 2.07. The largest absolute Gasteiger partial charge is 0.496 e. The molecule has 2 N–H and O–H groups in total. The Morgan fingerprint density at radius 1 is 1.24 bits per heavy atom. The normalized spacial score (nSPS) is 9.94. The molecule has 1 aromatic heterocycles.